The molecule has 0 radical (unpaired) electrons. The average Bonchev–Trinajstić information content (AvgIpc) is 2.74. The topological polar surface area (TPSA) is 52.1 Å². The summed E-state index contributed by atoms with van der Waals surface area (Å²) in [5.41, 5.74) is 1.02. The van der Waals surface area contributed by atoms with Crippen molar-refractivity contribution < 1.29 is 8.95 Å². The minimum Gasteiger partial charge on any atom is -0.377 e. The van der Waals surface area contributed by atoms with Crippen LogP contribution in [0.15, 0.2) is 12.4 Å². The lowest BCUT2D eigenvalue weighted by Crippen LogP contribution is -2.17. The summed E-state index contributed by atoms with van der Waals surface area (Å²) < 4.78 is 17.3. The standard InChI is InChI=1S/C11H16N2O2S/c1-9-5-12-11(13-6-9)8-16(14)7-10-3-2-4-15-10/h5-6,10H,2-4,7-8H2,1H3. The quantitative estimate of drug-likeness (QED) is 0.794. The van der Waals surface area contributed by atoms with Gasteiger partial charge in [0.15, 0.2) is 0 Å². The highest BCUT2D eigenvalue weighted by Crippen LogP contribution is 2.13. The number of hydrogen-bond donors (Lipinski definition) is 0. The molecular formula is C11H16N2O2S. The summed E-state index contributed by atoms with van der Waals surface area (Å²) >= 11 is 0. The maximum atomic E-state index is 11.8. The molecular weight excluding hydrogens is 224 g/mol. The normalized spacial score (nSPS) is 22.2. The van der Waals surface area contributed by atoms with Gasteiger partial charge in [-0.1, -0.05) is 0 Å². The fourth-order valence-electron chi connectivity index (χ4n) is 1.68. The molecule has 5 heteroatoms. The van der Waals surface area contributed by atoms with Gasteiger partial charge >= 0.3 is 0 Å². The highest BCUT2D eigenvalue weighted by Gasteiger charge is 2.18. The lowest BCUT2D eigenvalue weighted by molar-refractivity contribution is 0.128. The summed E-state index contributed by atoms with van der Waals surface area (Å²) in [5.74, 6) is 1.69. The third kappa shape index (κ3) is 3.35. The third-order valence-electron chi connectivity index (χ3n) is 2.52. The molecule has 0 N–H and O–H groups in total. The van der Waals surface area contributed by atoms with E-state index in [0.29, 0.717) is 17.3 Å². The van der Waals surface area contributed by atoms with Gasteiger partial charge in [0.2, 0.25) is 0 Å². The van der Waals surface area contributed by atoms with Gasteiger partial charge in [-0.2, -0.15) is 0 Å². The van der Waals surface area contributed by atoms with Gasteiger partial charge in [-0.05, 0) is 25.3 Å². The van der Waals surface area contributed by atoms with Crippen LogP contribution in [0.25, 0.3) is 0 Å². The zero-order valence-electron chi connectivity index (χ0n) is 9.39. The number of aryl methyl sites for hydroxylation is 1. The van der Waals surface area contributed by atoms with Crippen molar-refractivity contribution in [3.05, 3.63) is 23.8 Å². The Labute approximate surface area is 97.9 Å². The zero-order valence-corrected chi connectivity index (χ0v) is 10.2. The van der Waals surface area contributed by atoms with Crippen LogP contribution in [-0.2, 0) is 21.3 Å². The molecule has 4 nitrogen and oxygen atoms in total. The number of rotatable bonds is 4. The molecule has 2 unspecified atom stereocenters. The van der Waals surface area contributed by atoms with E-state index < -0.39 is 10.8 Å². The molecule has 2 rings (SSSR count). The van der Waals surface area contributed by atoms with Crippen molar-refractivity contribution >= 4 is 10.8 Å². The van der Waals surface area contributed by atoms with Crippen molar-refractivity contribution in [2.45, 2.75) is 31.6 Å². The molecule has 0 saturated carbocycles. The van der Waals surface area contributed by atoms with Crippen molar-refractivity contribution in [2.75, 3.05) is 12.4 Å². The predicted molar refractivity (Wildman–Crippen MR) is 62.5 cm³/mol. The SMILES string of the molecule is Cc1cnc(CS(=O)CC2CCCO2)nc1. The third-order valence-corrected chi connectivity index (χ3v) is 3.84. The molecule has 2 heterocycles. The summed E-state index contributed by atoms with van der Waals surface area (Å²) in [7, 11) is -0.917. The Morgan fingerprint density at radius 2 is 2.25 bits per heavy atom. The number of aromatic nitrogens is 2. The fourth-order valence-corrected chi connectivity index (χ4v) is 2.91. The number of ether oxygens (including phenoxy) is 1. The monoisotopic (exact) mass is 240 g/mol. The smallest absolute Gasteiger partial charge is 0.140 e. The van der Waals surface area contributed by atoms with E-state index in [-0.39, 0.29) is 6.10 Å². The maximum absolute atomic E-state index is 11.8. The van der Waals surface area contributed by atoms with E-state index in [2.05, 4.69) is 9.97 Å². The molecule has 88 valence electrons. The van der Waals surface area contributed by atoms with Gasteiger partial charge in [0.05, 0.1) is 17.6 Å². The zero-order chi connectivity index (χ0) is 11.4. The molecule has 0 spiro atoms. The van der Waals surface area contributed by atoms with Crippen LogP contribution in [0.4, 0.5) is 0 Å². The molecule has 1 aromatic heterocycles. The van der Waals surface area contributed by atoms with Crippen molar-refractivity contribution in [2.24, 2.45) is 0 Å². The predicted octanol–water partition coefficient (Wildman–Crippen LogP) is 1.21. The summed E-state index contributed by atoms with van der Waals surface area (Å²) in [5, 5.41) is 0. The second-order valence-corrected chi connectivity index (χ2v) is 5.56. The lowest BCUT2D eigenvalue weighted by atomic mass is 10.3. The van der Waals surface area contributed by atoms with Crippen LogP contribution in [0.3, 0.4) is 0 Å². The van der Waals surface area contributed by atoms with E-state index in [9.17, 15) is 4.21 Å². The minimum absolute atomic E-state index is 0.172. The van der Waals surface area contributed by atoms with Crippen molar-refractivity contribution in [3.8, 4) is 0 Å². The first-order valence-corrected chi connectivity index (χ1v) is 6.97. The Hall–Kier alpha value is -0.810. The Balaban J connectivity index is 1.84. The van der Waals surface area contributed by atoms with Gasteiger partial charge in [0, 0.05) is 29.8 Å². The van der Waals surface area contributed by atoms with E-state index in [1.54, 1.807) is 12.4 Å². The highest BCUT2D eigenvalue weighted by atomic mass is 32.2. The summed E-state index contributed by atoms with van der Waals surface area (Å²) in [6.07, 6.45) is 5.80. The van der Waals surface area contributed by atoms with Crippen LogP contribution in [0.1, 0.15) is 24.2 Å². The van der Waals surface area contributed by atoms with Gasteiger partial charge in [0.25, 0.3) is 0 Å². The second kappa shape index (κ2) is 5.50. The van der Waals surface area contributed by atoms with E-state index >= 15 is 0 Å². The van der Waals surface area contributed by atoms with E-state index in [1.165, 1.54) is 0 Å². The Morgan fingerprint density at radius 1 is 1.50 bits per heavy atom. The van der Waals surface area contributed by atoms with Crippen LogP contribution in [-0.4, -0.2) is 32.6 Å². The number of nitrogens with zero attached hydrogens (tertiary/aromatic N) is 2. The summed E-state index contributed by atoms with van der Waals surface area (Å²) in [6.45, 7) is 2.75. The van der Waals surface area contributed by atoms with E-state index in [4.69, 9.17) is 4.74 Å². The molecule has 0 aromatic carbocycles. The van der Waals surface area contributed by atoms with Crippen LogP contribution in [0.5, 0.6) is 0 Å². The van der Waals surface area contributed by atoms with Gasteiger partial charge in [0.1, 0.15) is 5.82 Å². The molecule has 1 aromatic rings. The molecule has 0 amide bonds. The Kier molecular flexibility index (Phi) is 4.01. The molecule has 0 aliphatic carbocycles. The fraction of sp³-hybridized carbons (Fsp3) is 0.636. The number of hydrogen-bond acceptors (Lipinski definition) is 4. The van der Waals surface area contributed by atoms with Gasteiger partial charge in [-0.25, -0.2) is 9.97 Å². The molecule has 1 fully saturated rings. The van der Waals surface area contributed by atoms with Crippen LogP contribution in [0.2, 0.25) is 0 Å². The highest BCUT2D eigenvalue weighted by molar-refractivity contribution is 7.84. The Bertz CT molecular complexity index is 361. The first-order valence-electron chi connectivity index (χ1n) is 5.48. The van der Waals surface area contributed by atoms with Gasteiger partial charge in [-0.15, -0.1) is 0 Å². The van der Waals surface area contributed by atoms with Crippen LogP contribution >= 0.6 is 0 Å². The summed E-state index contributed by atoms with van der Waals surface area (Å²) in [6, 6.07) is 0. The molecule has 2 atom stereocenters. The molecule has 0 bridgehead atoms. The van der Waals surface area contributed by atoms with Crippen LogP contribution in [0, 0.1) is 6.92 Å². The minimum atomic E-state index is -0.917. The van der Waals surface area contributed by atoms with Crippen molar-refractivity contribution in [3.63, 3.8) is 0 Å². The van der Waals surface area contributed by atoms with Gasteiger partial charge in [-0.3, -0.25) is 4.21 Å². The molecule has 1 aliphatic heterocycles. The van der Waals surface area contributed by atoms with Gasteiger partial charge < -0.3 is 4.74 Å². The van der Waals surface area contributed by atoms with Crippen molar-refractivity contribution in [1.29, 1.82) is 0 Å². The maximum Gasteiger partial charge on any atom is 0.140 e. The first-order chi connectivity index (χ1) is 7.74. The molecule has 16 heavy (non-hydrogen) atoms. The largest absolute Gasteiger partial charge is 0.377 e. The van der Waals surface area contributed by atoms with Crippen molar-refractivity contribution in [1.82, 2.24) is 9.97 Å². The lowest BCUT2D eigenvalue weighted by Gasteiger charge is -2.08. The summed E-state index contributed by atoms with van der Waals surface area (Å²) in [4.78, 5) is 8.30. The molecule has 1 aliphatic rings. The Morgan fingerprint density at radius 3 is 2.88 bits per heavy atom. The van der Waals surface area contributed by atoms with E-state index in [1.807, 2.05) is 6.92 Å². The van der Waals surface area contributed by atoms with Crippen LogP contribution < -0.4 is 0 Å². The first kappa shape index (κ1) is 11.7. The average molecular weight is 240 g/mol. The molecule has 1 saturated heterocycles. The second-order valence-electron chi connectivity index (χ2n) is 4.06. The van der Waals surface area contributed by atoms with E-state index in [0.717, 1.165) is 25.0 Å².